The Balaban J connectivity index is 0.000000415. The van der Waals surface area contributed by atoms with Crippen molar-refractivity contribution >= 4 is 0 Å². The standard InChI is InChI=1S/C12H16.C4H10.C2H6/c1-3-12(2)9-11(12)10-7-5-4-6-8-10;1-3-4-2;1-2/h4-8,11H,3,9H2,1-2H3;3-4H2,1-2H3;1-2H3. The Morgan fingerprint density at radius 1 is 1.00 bits per heavy atom. The first-order valence-corrected chi connectivity index (χ1v) is 7.72. The Kier molecular flexibility index (Phi) is 8.79. The molecule has 104 valence electrons. The van der Waals surface area contributed by atoms with Crippen LogP contribution in [0.15, 0.2) is 30.3 Å². The molecule has 0 aromatic heterocycles. The van der Waals surface area contributed by atoms with Crippen LogP contribution in [0.5, 0.6) is 0 Å². The number of unbranched alkanes of at least 4 members (excludes halogenated alkanes) is 1. The van der Waals surface area contributed by atoms with Gasteiger partial charge in [0, 0.05) is 0 Å². The fourth-order valence-electron chi connectivity index (χ4n) is 2.00. The van der Waals surface area contributed by atoms with Crippen molar-refractivity contribution < 1.29 is 0 Å². The summed E-state index contributed by atoms with van der Waals surface area (Å²) in [6, 6.07) is 10.9. The maximum absolute atomic E-state index is 2.39. The zero-order valence-electron chi connectivity index (χ0n) is 13.3. The summed E-state index contributed by atoms with van der Waals surface area (Å²) in [5.74, 6) is 0.837. The fraction of sp³-hybridized carbons (Fsp3) is 0.667. The quantitative estimate of drug-likeness (QED) is 0.578. The van der Waals surface area contributed by atoms with E-state index in [-0.39, 0.29) is 0 Å². The van der Waals surface area contributed by atoms with Crippen molar-refractivity contribution in [2.45, 2.75) is 73.1 Å². The second-order valence-electron chi connectivity index (χ2n) is 5.17. The van der Waals surface area contributed by atoms with Crippen molar-refractivity contribution in [1.29, 1.82) is 0 Å². The summed E-state index contributed by atoms with van der Waals surface area (Å²) in [6.07, 6.45) is 5.33. The molecule has 0 bridgehead atoms. The van der Waals surface area contributed by atoms with Crippen LogP contribution in [0.4, 0.5) is 0 Å². The summed E-state index contributed by atoms with van der Waals surface area (Å²) >= 11 is 0. The largest absolute Gasteiger partial charge is 0.0683 e. The minimum absolute atomic E-state index is 0.612. The average molecular weight is 248 g/mol. The number of benzene rings is 1. The molecule has 0 N–H and O–H groups in total. The van der Waals surface area contributed by atoms with E-state index in [2.05, 4.69) is 58.0 Å². The van der Waals surface area contributed by atoms with E-state index in [0.717, 1.165) is 5.92 Å². The number of hydrogen-bond donors (Lipinski definition) is 0. The monoisotopic (exact) mass is 248 g/mol. The third-order valence-corrected chi connectivity index (χ3v) is 3.86. The summed E-state index contributed by atoms with van der Waals surface area (Å²) in [6.45, 7) is 13.0. The zero-order chi connectivity index (χ0) is 14.0. The van der Waals surface area contributed by atoms with Gasteiger partial charge in [-0.2, -0.15) is 0 Å². The van der Waals surface area contributed by atoms with Crippen LogP contribution >= 0.6 is 0 Å². The molecule has 0 nitrogen and oxygen atoms in total. The van der Waals surface area contributed by atoms with E-state index in [9.17, 15) is 0 Å². The van der Waals surface area contributed by atoms with Crippen LogP contribution in [0, 0.1) is 5.41 Å². The Bertz CT molecular complexity index is 286. The second-order valence-corrected chi connectivity index (χ2v) is 5.17. The lowest BCUT2D eigenvalue weighted by atomic mass is 9.99. The highest BCUT2D eigenvalue weighted by Gasteiger charge is 2.48. The van der Waals surface area contributed by atoms with E-state index in [1.165, 1.54) is 31.2 Å². The third kappa shape index (κ3) is 5.25. The number of rotatable bonds is 3. The van der Waals surface area contributed by atoms with Crippen molar-refractivity contribution in [3.05, 3.63) is 35.9 Å². The molecule has 0 aliphatic heterocycles. The van der Waals surface area contributed by atoms with Crippen molar-refractivity contribution in [3.8, 4) is 0 Å². The summed E-state index contributed by atoms with van der Waals surface area (Å²) < 4.78 is 0. The molecule has 2 rings (SSSR count). The van der Waals surface area contributed by atoms with Gasteiger partial charge in [-0.3, -0.25) is 0 Å². The van der Waals surface area contributed by atoms with Gasteiger partial charge >= 0.3 is 0 Å². The fourth-order valence-corrected chi connectivity index (χ4v) is 2.00. The van der Waals surface area contributed by atoms with Crippen LogP contribution in [0.1, 0.15) is 78.7 Å². The normalized spacial score (nSPS) is 24.2. The highest BCUT2D eigenvalue weighted by Crippen LogP contribution is 2.60. The van der Waals surface area contributed by atoms with Gasteiger partial charge in [-0.25, -0.2) is 0 Å². The topological polar surface area (TPSA) is 0 Å². The molecule has 0 amide bonds. The van der Waals surface area contributed by atoms with Gasteiger partial charge in [0.15, 0.2) is 0 Å². The molecule has 2 atom stereocenters. The minimum Gasteiger partial charge on any atom is -0.0683 e. The molecule has 1 aliphatic carbocycles. The maximum atomic E-state index is 2.39. The molecule has 1 aromatic rings. The van der Waals surface area contributed by atoms with E-state index >= 15 is 0 Å². The first kappa shape index (κ1) is 17.2. The predicted molar refractivity (Wildman–Crippen MR) is 84.1 cm³/mol. The molecule has 0 radical (unpaired) electrons. The van der Waals surface area contributed by atoms with Crippen LogP contribution < -0.4 is 0 Å². The minimum atomic E-state index is 0.612. The molecule has 0 spiro atoms. The van der Waals surface area contributed by atoms with Crippen LogP contribution in [0.2, 0.25) is 0 Å². The molecular formula is C18H32. The third-order valence-electron chi connectivity index (χ3n) is 3.86. The van der Waals surface area contributed by atoms with Crippen LogP contribution in [0.25, 0.3) is 0 Å². The first-order chi connectivity index (χ1) is 8.68. The van der Waals surface area contributed by atoms with E-state index in [1.807, 2.05) is 13.8 Å². The first-order valence-electron chi connectivity index (χ1n) is 7.72. The number of hydrogen-bond acceptors (Lipinski definition) is 0. The molecule has 1 fully saturated rings. The Morgan fingerprint density at radius 2 is 1.50 bits per heavy atom. The van der Waals surface area contributed by atoms with Gasteiger partial charge in [0.25, 0.3) is 0 Å². The lowest BCUT2D eigenvalue weighted by Gasteiger charge is -2.06. The van der Waals surface area contributed by atoms with Gasteiger partial charge in [0.2, 0.25) is 0 Å². The Hall–Kier alpha value is -0.780. The summed E-state index contributed by atoms with van der Waals surface area (Å²) in [4.78, 5) is 0. The lowest BCUT2D eigenvalue weighted by molar-refractivity contribution is 0.528. The van der Waals surface area contributed by atoms with E-state index in [1.54, 1.807) is 0 Å². The van der Waals surface area contributed by atoms with Gasteiger partial charge in [-0.05, 0) is 23.3 Å². The Morgan fingerprint density at radius 3 is 1.83 bits per heavy atom. The predicted octanol–water partition coefficient (Wildman–Crippen LogP) is 6.42. The highest BCUT2D eigenvalue weighted by atomic mass is 14.5. The molecule has 2 unspecified atom stereocenters. The van der Waals surface area contributed by atoms with Crippen molar-refractivity contribution in [2.24, 2.45) is 5.41 Å². The summed E-state index contributed by atoms with van der Waals surface area (Å²) in [7, 11) is 0. The van der Waals surface area contributed by atoms with E-state index in [0.29, 0.717) is 5.41 Å². The zero-order valence-corrected chi connectivity index (χ0v) is 13.3. The second kappa shape index (κ2) is 9.19. The van der Waals surface area contributed by atoms with Gasteiger partial charge in [0.05, 0.1) is 0 Å². The maximum Gasteiger partial charge on any atom is -0.0102 e. The molecule has 1 saturated carbocycles. The van der Waals surface area contributed by atoms with Gasteiger partial charge < -0.3 is 0 Å². The molecule has 1 aliphatic rings. The van der Waals surface area contributed by atoms with E-state index in [4.69, 9.17) is 0 Å². The van der Waals surface area contributed by atoms with Gasteiger partial charge in [-0.15, -0.1) is 0 Å². The SMILES string of the molecule is CC.CCC1(C)CC1c1ccccc1.CCCC. The van der Waals surface area contributed by atoms with E-state index < -0.39 is 0 Å². The average Bonchev–Trinajstić information content (AvgIpc) is 3.15. The van der Waals surface area contributed by atoms with Crippen molar-refractivity contribution in [3.63, 3.8) is 0 Å². The van der Waals surface area contributed by atoms with Crippen LogP contribution in [0.3, 0.4) is 0 Å². The van der Waals surface area contributed by atoms with Crippen LogP contribution in [-0.2, 0) is 0 Å². The van der Waals surface area contributed by atoms with Crippen molar-refractivity contribution in [2.75, 3.05) is 0 Å². The highest BCUT2D eigenvalue weighted by molar-refractivity contribution is 5.28. The molecule has 18 heavy (non-hydrogen) atoms. The summed E-state index contributed by atoms with van der Waals surface area (Å²) in [5.41, 5.74) is 2.14. The molecular weight excluding hydrogens is 216 g/mol. The van der Waals surface area contributed by atoms with Crippen molar-refractivity contribution in [1.82, 2.24) is 0 Å². The molecule has 0 heterocycles. The smallest absolute Gasteiger partial charge is 0.0102 e. The summed E-state index contributed by atoms with van der Waals surface area (Å²) in [5, 5.41) is 0. The molecule has 0 saturated heterocycles. The molecule has 1 aromatic carbocycles. The van der Waals surface area contributed by atoms with Gasteiger partial charge in [0.1, 0.15) is 0 Å². The Labute approximate surface area is 115 Å². The van der Waals surface area contributed by atoms with Gasteiger partial charge in [-0.1, -0.05) is 91.1 Å². The lowest BCUT2D eigenvalue weighted by Crippen LogP contribution is -1.93. The van der Waals surface area contributed by atoms with Crippen LogP contribution in [-0.4, -0.2) is 0 Å². The molecule has 0 heteroatoms.